The molecule has 3 aromatic carbocycles. The second-order valence-electron chi connectivity index (χ2n) is 6.70. The first-order valence-electron chi connectivity index (χ1n) is 9.54. The third-order valence-corrected chi connectivity index (χ3v) is 4.74. The topological polar surface area (TPSA) is 111 Å². The van der Waals surface area contributed by atoms with Crippen molar-refractivity contribution >= 4 is 45.2 Å². The van der Waals surface area contributed by atoms with Crippen molar-refractivity contribution < 1.29 is 23.8 Å². The first kappa shape index (κ1) is 23.5. The lowest BCUT2D eigenvalue weighted by atomic mass is 10.1. The fraction of sp³-hybridized carbons (Fsp3) is 0.0417. The van der Waals surface area contributed by atoms with E-state index in [0.717, 1.165) is 0 Å². The van der Waals surface area contributed by atoms with Gasteiger partial charge in [0.15, 0.2) is 6.61 Å². The molecule has 3 N–H and O–H groups in total. The summed E-state index contributed by atoms with van der Waals surface area (Å²) in [5, 5.41) is 24.0. The Morgan fingerprint density at radius 2 is 1.67 bits per heavy atom. The highest BCUT2D eigenvalue weighted by Gasteiger charge is 2.13. The van der Waals surface area contributed by atoms with Gasteiger partial charge in [-0.2, -0.15) is 5.26 Å². The molecule has 0 bridgehead atoms. The number of nitriles is 1. The summed E-state index contributed by atoms with van der Waals surface area (Å²) in [6.45, 7) is -0.346. The summed E-state index contributed by atoms with van der Waals surface area (Å²) >= 11 is 3.33. The average Bonchev–Trinajstić information content (AvgIpc) is 2.79. The molecule has 0 aliphatic heterocycles. The zero-order valence-electron chi connectivity index (χ0n) is 17.0. The second kappa shape index (κ2) is 10.9. The summed E-state index contributed by atoms with van der Waals surface area (Å²) in [6.07, 6.45) is 1.34. The molecule has 0 spiro atoms. The van der Waals surface area contributed by atoms with Gasteiger partial charge in [0.05, 0.1) is 0 Å². The van der Waals surface area contributed by atoms with Gasteiger partial charge in [0.2, 0.25) is 0 Å². The molecule has 166 valence electrons. The van der Waals surface area contributed by atoms with Gasteiger partial charge in [-0.15, -0.1) is 0 Å². The number of anilines is 2. The summed E-state index contributed by atoms with van der Waals surface area (Å²) in [4.78, 5) is 24.7. The number of benzene rings is 3. The van der Waals surface area contributed by atoms with E-state index in [1.54, 1.807) is 18.2 Å². The molecule has 3 rings (SSSR count). The van der Waals surface area contributed by atoms with Gasteiger partial charge >= 0.3 is 0 Å². The Kier molecular flexibility index (Phi) is 7.78. The Bertz CT molecular complexity index is 1240. The molecule has 3 aromatic rings. The Hall–Kier alpha value is -4.16. The van der Waals surface area contributed by atoms with Gasteiger partial charge in [-0.05, 0) is 72.8 Å². The maximum atomic E-state index is 13.0. The maximum absolute atomic E-state index is 13.0. The molecule has 0 fully saturated rings. The smallest absolute Gasteiger partial charge is 0.266 e. The zero-order chi connectivity index (χ0) is 23.8. The largest absolute Gasteiger partial charge is 0.508 e. The summed E-state index contributed by atoms with van der Waals surface area (Å²) < 4.78 is 19.3. The summed E-state index contributed by atoms with van der Waals surface area (Å²) in [5.74, 6) is -1.22. The number of nitrogens with zero attached hydrogens (tertiary/aromatic N) is 1. The minimum Gasteiger partial charge on any atom is -0.508 e. The average molecular weight is 510 g/mol. The van der Waals surface area contributed by atoms with E-state index in [2.05, 4.69) is 26.6 Å². The number of hydrogen-bond acceptors (Lipinski definition) is 5. The molecular weight excluding hydrogens is 493 g/mol. The molecule has 0 saturated carbocycles. The number of ether oxygens (including phenoxy) is 1. The van der Waals surface area contributed by atoms with Crippen LogP contribution in [0.2, 0.25) is 0 Å². The highest BCUT2D eigenvalue weighted by Crippen LogP contribution is 2.26. The van der Waals surface area contributed by atoms with Gasteiger partial charge in [0.25, 0.3) is 11.8 Å². The van der Waals surface area contributed by atoms with Crippen molar-refractivity contribution in [3.63, 3.8) is 0 Å². The number of aromatic hydroxyl groups is 1. The molecule has 0 atom stereocenters. The number of phenolic OH excluding ortho intramolecular Hbond substituents is 1. The Morgan fingerprint density at radius 1 is 1.03 bits per heavy atom. The quantitative estimate of drug-likeness (QED) is 0.239. The van der Waals surface area contributed by atoms with Crippen LogP contribution in [0.1, 0.15) is 5.56 Å². The zero-order valence-corrected chi connectivity index (χ0v) is 18.6. The van der Waals surface area contributed by atoms with Crippen LogP contribution in [0.4, 0.5) is 15.8 Å². The molecule has 0 aliphatic carbocycles. The van der Waals surface area contributed by atoms with Crippen LogP contribution in [0, 0.1) is 17.1 Å². The van der Waals surface area contributed by atoms with Crippen LogP contribution in [0.3, 0.4) is 0 Å². The van der Waals surface area contributed by atoms with Crippen molar-refractivity contribution in [2.45, 2.75) is 0 Å². The number of carbonyl (C=O) groups excluding carboxylic acids is 2. The molecule has 33 heavy (non-hydrogen) atoms. The lowest BCUT2D eigenvalue weighted by molar-refractivity contribution is -0.118. The predicted molar refractivity (Wildman–Crippen MR) is 125 cm³/mol. The molecule has 0 unspecified atom stereocenters. The van der Waals surface area contributed by atoms with Gasteiger partial charge in [-0.25, -0.2) is 4.39 Å². The second-order valence-corrected chi connectivity index (χ2v) is 7.61. The van der Waals surface area contributed by atoms with Crippen LogP contribution < -0.4 is 15.4 Å². The minimum atomic E-state index is -0.650. The Morgan fingerprint density at radius 3 is 2.33 bits per heavy atom. The van der Waals surface area contributed by atoms with Gasteiger partial charge in [0, 0.05) is 21.4 Å². The van der Waals surface area contributed by atoms with Crippen molar-refractivity contribution in [2.75, 3.05) is 17.2 Å². The van der Waals surface area contributed by atoms with Crippen molar-refractivity contribution in [1.29, 1.82) is 5.26 Å². The SMILES string of the molecule is N#C/C(=C\c1cc(Br)ccc1OCC(=O)Nc1ccc(F)cc1)C(=O)Nc1ccc(O)cc1. The lowest BCUT2D eigenvalue weighted by Crippen LogP contribution is -2.20. The summed E-state index contributed by atoms with van der Waals surface area (Å²) in [6, 6.07) is 17.9. The minimum absolute atomic E-state index is 0.0449. The molecule has 2 amide bonds. The van der Waals surface area contributed by atoms with Gasteiger partial charge in [0.1, 0.15) is 29.0 Å². The van der Waals surface area contributed by atoms with E-state index in [-0.39, 0.29) is 23.7 Å². The Balaban J connectivity index is 1.73. The van der Waals surface area contributed by atoms with E-state index in [9.17, 15) is 24.3 Å². The summed E-state index contributed by atoms with van der Waals surface area (Å²) in [7, 11) is 0. The van der Waals surface area contributed by atoms with E-state index in [0.29, 0.717) is 21.4 Å². The van der Waals surface area contributed by atoms with E-state index < -0.39 is 17.6 Å². The van der Waals surface area contributed by atoms with Crippen molar-refractivity contribution in [3.05, 3.63) is 88.2 Å². The molecular formula is C24H17BrFN3O4. The number of amides is 2. The number of phenols is 1. The van der Waals surface area contributed by atoms with Gasteiger partial charge < -0.3 is 20.5 Å². The van der Waals surface area contributed by atoms with Crippen LogP contribution >= 0.6 is 15.9 Å². The van der Waals surface area contributed by atoms with E-state index in [1.165, 1.54) is 54.6 Å². The number of carbonyl (C=O) groups is 2. The molecule has 0 saturated heterocycles. The van der Waals surface area contributed by atoms with E-state index in [1.807, 2.05) is 6.07 Å². The highest BCUT2D eigenvalue weighted by atomic mass is 79.9. The number of hydrogen-bond donors (Lipinski definition) is 3. The van der Waals surface area contributed by atoms with Crippen molar-refractivity contribution in [2.24, 2.45) is 0 Å². The van der Waals surface area contributed by atoms with E-state index in [4.69, 9.17) is 4.74 Å². The van der Waals surface area contributed by atoms with Crippen molar-refractivity contribution in [3.8, 4) is 17.6 Å². The highest BCUT2D eigenvalue weighted by molar-refractivity contribution is 9.10. The van der Waals surface area contributed by atoms with E-state index >= 15 is 0 Å². The summed E-state index contributed by atoms with van der Waals surface area (Å²) in [5.41, 5.74) is 1.03. The number of rotatable bonds is 7. The third kappa shape index (κ3) is 6.92. The normalized spacial score (nSPS) is 10.8. The first-order valence-corrected chi connectivity index (χ1v) is 10.3. The molecule has 9 heteroatoms. The van der Waals surface area contributed by atoms with Gasteiger partial charge in [-0.1, -0.05) is 15.9 Å². The van der Waals surface area contributed by atoms with Crippen LogP contribution in [0.15, 0.2) is 76.8 Å². The van der Waals surface area contributed by atoms with Crippen molar-refractivity contribution in [1.82, 2.24) is 0 Å². The van der Waals surface area contributed by atoms with Crippen LogP contribution in [0.5, 0.6) is 11.5 Å². The fourth-order valence-electron chi connectivity index (χ4n) is 2.68. The standard InChI is InChI=1S/C24H17BrFN3O4/c25-17-1-10-22(33-14-23(31)28-19-4-2-18(26)3-5-19)15(12-17)11-16(13-27)24(32)29-20-6-8-21(30)9-7-20/h1-12,30H,14H2,(H,28,31)(H,29,32)/b16-11+. The lowest BCUT2D eigenvalue weighted by Gasteiger charge is -2.11. The van der Waals surface area contributed by atoms with Crippen LogP contribution in [-0.4, -0.2) is 23.5 Å². The molecule has 7 nitrogen and oxygen atoms in total. The van der Waals surface area contributed by atoms with Crippen LogP contribution in [0.25, 0.3) is 6.08 Å². The first-order chi connectivity index (χ1) is 15.8. The molecule has 0 aromatic heterocycles. The number of halogens is 2. The Labute approximate surface area is 197 Å². The molecule has 0 heterocycles. The van der Waals surface area contributed by atoms with Crippen LogP contribution in [-0.2, 0) is 9.59 Å². The monoisotopic (exact) mass is 509 g/mol. The third-order valence-electron chi connectivity index (χ3n) is 4.25. The predicted octanol–water partition coefficient (Wildman–Crippen LogP) is 4.86. The number of nitrogens with one attached hydrogen (secondary N) is 2. The maximum Gasteiger partial charge on any atom is 0.266 e. The fourth-order valence-corrected chi connectivity index (χ4v) is 3.06. The molecule has 0 aliphatic rings. The molecule has 0 radical (unpaired) electrons. The van der Waals surface area contributed by atoms with Gasteiger partial charge in [-0.3, -0.25) is 9.59 Å².